The second-order valence-electron chi connectivity index (χ2n) is 4.24. The molecule has 2 N–H and O–H groups in total. The third kappa shape index (κ3) is 3.34. The van der Waals surface area contributed by atoms with Gasteiger partial charge in [0.05, 0.1) is 6.04 Å². The lowest BCUT2D eigenvalue weighted by molar-refractivity contribution is 0.288. The lowest BCUT2D eigenvalue weighted by atomic mass is 10.1. The highest BCUT2D eigenvalue weighted by Gasteiger charge is 2.07. The van der Waals surface area contributed by atoms with Crippen LogP contribution < -0.4 is 10.5 Å². The van der Waals surface area contributed by atoms with Crippen molar-refractivity contribution < 1.29 is 4.74 Å². The van der Waals surface area contributed by atoms with E-state index in [2.05, 4.69) is 15.9 Å². The number of hydrogen-bond acceptors (Lipinski definition) is 2. The summed E-state index contributed by atoms with van der Waals surface area (Å²) in [6.07, 6.45) is 0. The van der Waals surface area contributed by atoms with Crippen molar-refractivity contribution in [3.63, 3.8) is 0 Å². The number of hydrogen-bond donors (Lipinski definition) is 1. The van der Waals surface area contributed by atoms with E-state index in [0.717, 1.165) is 21.3 Å². The molecule has 0 aliphatic carbocycles. The molecule has 2 aromatic rings. The van der Waals surface area contributed by atoms with Gasteiger partial charge in [0, 0.05) is 4.47 Å². The van der Waals surface area contributed by atoms with E-state index < -0.39 is 0 Å². The first-order chi connectivity index (χ1) is 8.66. The monoisotopic (exact) mass is 305 g/mol. The molecule has 2 rings (SSSR count). The molecule has 0 aromatic heterocycles. The molecule has 0 saturated heterocycles. The Morgan fingerprint density at radius 1 is 1.17 bits per heavy atom. The zero-order chi connectivity index (χ0) is 13.0. The minimum Gasteiger partial charge on any atom is -0.491 e. The molecule has 0 heterocycles. The maximum Gasteiger partial charge on any atom is 0.123 e. The summed E-state index contributed by atoms with van der Waals surface area (Å²) in [6, 6.07) is 15.9. The molecule has 0 radical (unpaired) electrons. The second-order valence-corrected chi connectivity index (χ2v) is 5.15. The van der Waals surface area contributed by atoms with Crippen LogP contribution in [-0.4, -0.2) is 6.61 Å². The summed E-state index contributed by atoms with van der Waals surface area (Å²) in [7, 11) is 0. The summed E-state index contributed by atoms with van der Waals surface area (Å²) in [5.41, 5.74) is 8.29. The highest BCUT2D eigenvalue weighted by molar-refractivity contribution is 9.10. The Morgan fingerprint density at radius 3 is 2.61 bits per heavy atom. The van der Waals surface area contributed by atoms with Crippen molar-refractivity contribution in [3.05, 3.63) is 64.1 Å². The molecular weight excluding hydrogens is 290 g/mol. The fraction of sp³-hybridized carbons (Fsp3) is 0.200. The van der Waals surface area contributed by atoms with Crippen LogP contribution in [0.2, 0.25) is 0 Å². The number of nitrogens with two attached hydrogens (primary N) is 1. The normalized spacial score (nSPS) is 12.2. The van der Waals surface area contributed by atoms with Gasteiger partial charge in [0.25, 0.3) is 0 Å². The fourth-order valence-electron chi connectivity index (χ4n) is 1.71. The van der Waals surface area contributed by atoms with Crippen molar-refractivity contribution in [1.29, 1.82) is 0 Å². The predicted molar refractivity (Wildman–Crippen MR) is 77.7 cm³/mol. The summed E-state index contributed by atoms with van der Waals surface area (Å²) in [5.74, 6) is 0.871. The smallest absolute Gasteiger partial charge is 0.123 e. The molecule has 3 heteroatoms. The molecule has 0 spiro atoms. The van der Waals surface area contributed by atoms with Gasteiger partial charge in [-0.05, 0) is 30.2 Å². The average Bonchev–Trinajstić information content (AvgIpc) is 2.40. The largest absolute Gasteiger partial charge is 0.491 e. The summed E-state index contributed by atoms with van der Waals surface area (Å²) in [6.45, 7) is 2.50. The minimum atomic E-state index is -0.107. The van der Waals surface area contributed by atoms with Crippen molar-refractivity contribution in [2.75, 3.05) is 6.61 Å². The van der Waals surface area contributed by atoms with E-state index in [9.17, 15) is 0 Å². The minimum absolute atomic E-state index is 0.107. The Kier molecular flexibility index (Phi) is 4.39. The van der Waals surface area contributed by atoms with E-state index in [1.54, 1.807) is 0 Å². The molecule has 2 nitrogen and oxygen atoms in total. The number of halogens is 1. The standard InChI is InChI=1S/C15H16BrNO/c1-11-7-8-13(16)9-15(11)18-10-14(17)12-5-3-2-4-6-12/h2-9,14H,10,17H2,1H3. The van der Waals surface area contributed by atoms with Crippen LogP contribution in [0.1, 0.15) is 17.2 Å². The third-order valence-electron chi connectivity index (χ3n) is 2.80. The van der Waals surface area contributed by atoms with Crippen molar-refractivity contribution in [3.8, 4) is 5.75 Å². The quantitative estimate of drug-likeness (QED) is 0.931. The molecule has 18 heavy (non-hydrogen) atoms. The SMILES string of the molecule is Cc1ccc(Br)cc1OCC(N)c1ccccc1. The first kappa shape index (κ1) is 13.1. The first-order valence-corrected chi connectivity index (χ1v) is 6.65. The van der Waals surface area contributed by atoms with Crippen LogP contribution in [-0.2, 0) is 0 Å². The van der Waals surface area contributed by atoms with Crippen LogP contribution in [0.3, 0.4) is 0 Å². The lowest BCUT2D eigenvalue weighted by Gasteiger charge is -2.15. The maximum atomic E-state index is 6.09. The number of aryl methyl sites for hydroxylation is 1. The zero-order valence-corrected chi connectivity index (χ0v) is 11.9. The molecule has 0 bridgehead atoms. The Hall–Kier alpha value is -1.32. The van der Waals surface area contributed by atoms with Gasteiger partial charge >= 0.3 is 0 Å². The van der Waals surface area contributed by atoms with Gasteiger partial charge in [0.2, 0.25) is 0 Å². The highest BCUT2D eigenvalue weighted by Crippen LogP contribution is 2.23. The maximum absolute atomic E-state index is 6.09. The molecule has 0 aliphatic heterocycles. The molecule has 1 atom stereocenters. The van der Waals surface area contributed by atoms with Crippen LogP contribution in [0.15, 0.2) is 53.0 Å². The summed E-state index contributed by atoms with van der Waals surface area (Å²) >= 11 is 3.44. The van der Waals surface area contributed by atoms with Gasteiger partial charge in [-0.25, -0.2) is 0 Å². The number of benzene rings is 2. The second kappa shape index (κ2) is 6.03. The van der Waals surface area contributed by atoms with Gasteiger partial charge in [0.15, 0.2) is 0 Å². The van der Waals surface area contributed by atoms with Crippen LogP contribution >= 0.6 is 15.9 Å². The van der Waals surface area contributed by atoms with Crippen molar-refractivity contribution in [2.24, 2.45) is 5.73 Å². The van der Waals surface area contributed by atoms with Gasteiger partial charge in [0.1, 0.15) is 12.4 Å². The van der Waals surface area contributed by atoms with Crippen LogP contribution in [0, 0.1) is 6.92 Å². The summed E-state index contributed by atoms with van der Waals surface area (Å²) in [4.78, 5) is 0. The lowest BCUT2D eigenvalue weighted by Crippen LogP contribution is -2.19. The molecule has 0 aliphatic rings. The Balaban J connectivity index is 2.01. The Morgan fingerprint density at radius 2 is 1.89 bits per heavy atom. The molecular formula is C15H16BrNO. The van der Waals surface area contributed by atoms with Crippen LogP contribution in [0.4, 0.5) is 0 Å². The zero-order valence-electron chi connectivity index (χ0n) is 10.3. The molecule has 0 fully saturated rings. The topological polar surface area (TPSA) is 35.2 Å². The molecule has 1 unspecified atom stereocenters. The summed E-state index contributed by atoms with van der Waals surface area (Å²) in [5, 5.41) is 0. The van der Waals surface area contributed by atoms with Crippen molar-refractivity contribution in [1.82, 2.24) is 0 Å². The Labute approximate surface area is 116 Å². The van der Waals surface area contributed by atoms with Gasteiger partial charge in [-0.1, -0.05) is 52.3 Å². The van der Waals surface area contributed by atoms with E-state index in [1.165, 1.54) is 0 Å². The average molecular weight is 306 g/mol. The van der Waals surface area contributed by atoms with E-state index in [4.69, 9.17) is 10.5 Å². The van der Waals surface area contributed by atoms with Crippen LogP contribution in [0.25, 0.3) is 0 Å². The number of rotatable bonds is 4. The highest BCUT2D eigenvalue weighted by atomic mass is 79.9. The van der Waals surface area contributed by atoms with Gasteiger partial charge in [-0.2, -0.15) is 0 Å². The van der Waals surface area contributed by atoms with Gasteiger partial charge in [-0.3, -0.25) is 0 Å². The van der Waals surface area contributed by atoms with E-state index in [-0.39, 0.29) is 6.04 Å². The van der Waals surface area contributed by atoms with Crippen molar-refractivity contribution in [2.45, 2.75) is 13.0 Å². The molecule has 94 valence electrons. The summed E-state index contributed by atoms with van der Waals surface area (Å²) < 4.78 is 6.79. The van der Waals surface area contributed by atoms with Gasteiger partial charge in [-0.15, -0.1) is 0 Å². The van der Waals surface area contributed by atoms with E-state index >= 15 is 0 Å². The van der Waals surface area contributed by atoms with E-state index in [0.29, 0.717) is 6.61 Å². The molecule has 0 amide bonds. The Bertz CT molecular complexity index is 513. The fourth-order valence-corrected chi connectivity index (χ4v) is 2.05. The van der Waals surface area contributed by atoms with Crippen LogP contribution in [0.5, 0.6) is 5.75 Å². The van der Waals surface area contributed by atoms with Gasteiger partial charge < -0.3 is 10.5 Å². The number of ether oxygens (including phenoxy) is 1. The molecule has 2 aromatic carbocycles. The van der Waals surface area contributed by atoms with Crippen molar-refractivity contribution >= 4 is 15.9 Å². The third-order valence-corrected chi connectivity index (χ3v) is 3.29. The predicted octanol–water partition coefficient (Wildman–Crippen LogP) is 3.84. The van der Waals surface area contributed by atoms with E-state index in [1.807, 2.05) is 55.5 Å². The molecule has 0 saturated carbocycles. The first-order valence-electron chi connectivity index (χ1n) is 5.86.